The van der Waals surface area contributed by atoms with Gasteiger partial charge in [-0.05, 0) is 41.3 Å². The largest absolute Gasteiger partial charge is 0.419 e. The van der Waals surface area contributed by atoms with Gasteiger partial charge in [0.1, 0.15) is 11.9 Å². The third-order valence-corrected chi connectivity index (χ3v) is 4.85. The Morgan fingerprint density at radius 2 is 1.77 bits per heavy atom. The van der Waals surface area contributed by atoms with Gasteiger partial charge in [-0.1, -0.05) is 36.4 Å². The van der Waals surface area contributed by atoms with Crippen LogP contribution in [-0.4, -0.2) is 10.2 Å². The van der Waals surface area contributed by atoms with E-state index in [2.05, 4.69) is 21.6 Å². The van der Waals surface area contributed by atoms with Crippen LogP contribution >= 0.6 is 11.3 Å². The monoisotopic (exact) mass is 365 g/mol. The van der Waals surface area contributed by atoms with E-state index in [1.54, 1.807) is 23.5 Å². The second-order valence-corrected chi connectivity index (χ2v) is 6.79. The molecule has 130 valence electrons. The van der Waals surface area contributed by atoms with E-state index in [1.165, 1.54) is 17.0 Å². The molecule has 26 heavy (non-hydrogen) atoms. The van der Waals surface area contributed by atoms with Gasteiger partial charge in [0.2, 0.25) is 11.8 Å². The van der Waals surface area contributed by atoms with Crippen LogP contribution in [0.5, 0.6) is 0 Å². The highest BCUT2D eigenvalue weighted by Crippen LogP contribution is 2.26. The Hall–Kier alpha value is -2.83. The van der Waals surface area contributed by atoms with Crippen LogP contribution in [0.3, 0.4) is 0 Å². The van der Waals surface area contributed by atoms with Crippen molar-refractivity contribution in [3.8, 4) is 11.5 Å². The Labute approximate surface area is 154 Å². The number of hydrogen-bond acceptors (Lipinski definition) is 5. The Morgan fingerprint density at radius 3 is 2.50 bits per heavy atom. The van der Waals surface area contributed by atoms with Crippen LogP contribution in [0.25, 0.3) is 11.5 Å². The average Bonchev–Trinajstić information content (AvgIpc) is 3.36. The summed E-state index contributed by atoms with van der Waals surface area (Å²) in [4.78, 5) is 1.19. The standard InChI is InChI=1S/C20H16FN3OS/c21-16-10-8-14(9-11-16)18(22-13-17-7-4-12-26-17)20-24-23-19(25-20)15-5-2-1-3-6-15/h1-12,18,22H,13H2/t18-/m0/s1. The minimum Gasteiger partial charge on any atom is -0.419 e. The van der Waals surface area contributed by atoms with Crippen LogP contribution < -0.4 is 5.32 Å². The molecule has 2 aromatic carbocycles. The molecule has 1 atom stereocenters. The normalized spacial score (nSPS) is 12.2. The molecule has 0 aliphatic carbocycles. The molecule has 0 spiro atoms. The van der Waals surface area contributed by atoms with Crippen molar-refractivity contribution in [3.63, 3.8) is 0 Å². The lowest BCUT2D eigenvalue weighted by molar-refractivity contribution is 0.438. The predicted octanol–water partition coefficient (Wildman–Crippen LogP) is 4.82. The van der Waals surface area contributed by atoms with Crippen LogP contribution in [0, 0.1) is 5.82 Å². The lowest BCUT2D eigenvalue weighted by Crippen LogP contribution is -2.22. The van der Waals surface area contributed by atoms with Crippen molar-refractivity contribution in [2.75, 3.05) is 0 Å². The lowest BCUT2D eigenvalue weighted by Gasteiger charge is -2.15. The zero-order valence-corrected chi connectivity index (χ0v) is 14.6. The quantitative estimate of drug-likeness (QED) is 0.532. The van der Waals surface area contributed by atoms with E-state index >= 15 is 0 Å². The number of rotatable bonds is 6. The number of aromatic nitrogens is 2. The van der Waals surface area contributed by atoms with Gasteiger partial charge in [0.25, 0.3) is 0 Å². The molecule has 6 heteroatoms. The van der Waals surface area contributed by atoms with Crippen molar-refractivity contribution < 1.29 is 8.81 Å². The van der Waals surface area contributed by atoms with Crippen molar-refractivity contribution in [2.24, 2.45) is 0 Å². The van der Waals surface area contributed by atoms with Gasteiger partial charge in [0.05, 0.1) is 0 Å². The Bertz CT molecular complexity index is 952. The van der Waals surface area contributed by atoms with Crippen molar-refractivity contribution in [3.05, 3.63) is 94.3 Å². The summed E-state index contributed by atoms with van der Waals surface area (Å²) in [7, 11) is 0. The topological polar surface area (TPSA) is 51.0 Å². The zero-order chi connectivity index (χ0) is 17.8. The van der Waals surface area contributed by atoms with Gasteiger partial charge < -0.3 is 4.42 Å². The molecule has 1 N–H and O–H groups in total. The first kappa shape index (κ1) is 16.6. The molecule has 4 aromatic rings. The molecule has 2 heterocycles. The third-order valence-electron chi connectivity index (χ3n) is 3.97. The van der Waals surface area contributed by atoms with Crippen molar-refractivity contribution in [1.82, 2.24) is 15.5 Å². The van der Waals surface area contributed by atoms with Gasteiger partial charge >= 0.3 is 0 Å². The molecule has 0 aliphatic heterocycles. The SMILES string of the molecule is Fc1ccc([C@H](NCc2cccs2)c2nnc(-c3ccccc3)o2)cc1. The van der Waals surface area contributed by atoms with Gasteiger partial charge in [-0.15, -0.1) is 21.5 Å². The fraction of sp³-hybridized carbons (Fsp3) is 0.100. The molecule has 0 amide bonds. The summed E-state index contributed by atoms with van der Waals surface area (Å²) >= 11 is 1.67. The summed E-state index contributed by atoms with van der Waals surface area (Å²) in [6.45, 7) is 0.656. The molecule has 4 rings (SSSR count). The molecular formula is C20H16FN3OS. The van der Waals surface area contributed by atoms with E-state index in [0.29, 0.717) is 18.3 Å². The van der Waals surface area contributed by atoms with Crippen molar-refractivity contribution in [2.45, 2.75) is 12.6 Å². The average molecular weight is 365 g/mol. The number of thiophene rings is 1. The maximum absolute atomic E-state index is 13.3. The van der Waals surface area contributed by atoms with Crippen molar-refractivity contribution >= 4 is 11.3 Å². The smallest absolute Gasteiger partial charge is 0.247 e. The first-order chi connectivity index (χ1) is 12.8. The highest BCUT2D eigenvalue weighted by Gasteiger charge is 2.21. The molecule has 0 radical (unpaired) electrons. The van der Waals surface area contributed by atoms with Crippen LogP contribution in [0.1, 0.15) is 22.4 Å². The lowest BCUT2D eigenvalue weighted by atomic mass is 10.1. The second kappa shape index (κ2) is 7.59. The van der Waals surface area contributed by atoms with E-state index in [0.717, 1.165) is 11.1 Å². The molecule has 2 aromatic heterocycles. The summed E-state index contributed by atoms with van der Waals surface area (Å²) in [5.74, 6) is 0.638. The Kier molecular flexibility index (Phi) is 4.86. The Balaban J connectivity index is 1.63. The first-order valence-electron chi connectivity index (χ1n) is 8.19. The second-order valence-electron chi connectivity index (χ2n) is 5.76. The first-order valence-corrected chi connectivity index (χ1v) is 9.07. The Morgan fingerprint density at radius 1 is 0.962 bits per heavy atom. The van der Waals surface area contributed by atoms with Crippen LogP contribution in [-0.2, 0) is 6.54 Å². The molecule has 0 bridgehead atoms. The van der Waals surface area contributed by atoms with Gasteiger partial charge in [0.15, 0.2) is 0 Å². The summed E-state index contributed by atoms with van der Waals surface area (Å²) in [6.07, 6.45) is 0. The highest BCUT2D eigenvalue weighted by atomic mass is 32.1. The van der Waals surface area contributed by atoms with Crippen molar-refractivity contribution in [1.29, 1.82) is 0 Å². The molecule has 0 aliphatic rings. The maximum Gasteiger partial charge on any atom is 0.247 e. The van der Waals surface area contributed by atoms with Gasteiger partial charge in [-0.2, -0.15) is 0 Å². The highest BCUT2D eigenvalue weighted by molar-refractivity contribution is 7.09. The fourth-order valence-electron chi connectivity index (χ4n) is 2.67. The summed E-state index contributed by atoms with van der Waals surface area (Å²) < 4.78 is 19.2. The summed E-state index contributed by atoms with van der Waals surface area (Å²) in [6, 6.07) is 19.7. The van der Waals surface area contributed by atoms with E-state index < -0.39 is 0 Å². The van der Waals surface area contributed by atoms with Crippen LogP contribution in [0.4, 0.5) is 4.39 Å². The molecule has 0 saturated carbocycles. The van der Waals surface area contributed by atoms with Gasteiger partial charge in [-0.25, -0.2) is 4.39 Å². The third kappa shape index (κ3) is 3.71. The molecule has 4 nitrogen and oxygen atoms in total. The zero-order valence-electron chi connectivity index (χ0n) is 13.8. The maximum atomic E-state index is 13.3. The number of nitrogens with zero attached hydrogens (tertiary/aromatic N) is 2. The van der Waals surface area contributed by atoms with E-state index in [9.17, 15) is 4.39 Å². The number of halogens is 1. The number of benzene rings is 2. The van der Waals surface area contributed by atoms with E-state index in [1.807, 2.05) is 41.8 Å². The van der Waals surface area contributed by atoms with Crippen LogP contribution in [0.15, 0.2) is 76.5 Å². The number of nitrogens with one attached hydrogen (secondary N) is 1. The van der Waals surface area contributed by atoms with Gasteiger partial charge in [-0.3, -0.25) is 5.32 Å². The van der Waals surface area contributed by atoms with E-state index in [-0.39, 0.29) is 11.9 Å². The molecular weight excluding hydrogens is 349 g/mol. The molecule has 0 unspecified atom stereocenters. The minimum absolute atomic E-state index is 0.277. The van der Waals surface area contributed by atoms with E-state index in [4.69, 9.17) is 4.42 Å². The molecule has 0 fully saturated rings. The molecule has 0 saturated heterocycles. The predicted molar refractivity (Wildman–Crippen MR) is 99.1 cm³/mol. The fourth-order valence-corrected chi connectivity index (χ4v) is 3.32. The minimum atomic E-state index is -0.317. The summed E-state index contributed by atoms with van der Waals surface area (Å²) in [5, 5.41) is 13.9. The number of hydrogen-bond donors (Lipinski definition) is 1. The van der Waals surface area contributed by atoms with Crippen LogP contribution in [0.2, 0.25) is 0 Å². The summed E-state index contributed by atoms with van der Waals surface area (Å²) in [5.41, 5.74) is 1.73. The van der Waals surface area contributed by atoms with Gasteiger partial charge in [0, 0.05) is 17.0 Å².